The van der Waals surface area contributed by atoms with Crippen molar-refractivity contribution in [3.8, 4) is 0 Å². The van der Waals surface area contributed by atoms with Crippen molar-refractivity contribution in [2.75, 3.05) is 11.9 Å². The van der Waals surface area contributed by atoms with E-state index in [2.05, 4.69) is 10.6 Å². The molecule has 20 heavy (non-hydrogen) atoms. The third kappa shape index (κ3) is 4.49. The maximum Gasteiger partial charge on any atom is 0.319 e. The first kappa shape index (κ1) is 14.8. The van der Waals surface area contributed by atoms with Crippen LogP contribution in [-0.2, 0) is 0 Å². The van der Waals surface area contributed by atoms with E-state index >= 15 is 0 Å². The molecule has 0 heterocycles. The molecule has 1 aromatic carbocycles. The van der Waals surface area contributed by atoms with Crippen LogP contribution < -0.4 is 10.6 Å². The molecule has 2 amide bonds. The molecule has 0 spiro atoms. The molecule has 3 N–H and O–H groups in total. The van der Waals surface area contributed by atoms with Gasteiger partial charge in [-0.25, -0.2) is 9.18 Å². The zero-order chi connectivity index (χ0) is 14.4. The lowest BCUT2D eigenvalue weighted by molar-refractivity contribution is 0.0281. The number of rotatable bonds is 3. The summed E-state index contributed by atoms with van der Waals surface area (Å²) in [6.45, 7) is 0.250. The summed E-state index contributed by atoms with van der Waals surface area (Å²) in [7, 11) is 0. The Morgan fingerprint density at radius 3 is 2.35 bits per heavy atom. The number of hydrogen-bond acceptors (Lipinski definition) is 2. The van der Waals surface area contributed by atoms with E-state index in [1.807, 2.05) is 0 Å². The first-order chi connectivity index (χ1) is 9.57. The Hall–Kier alpha value is -1.62. The summed E-state index contributed by atoms with van der Waals surface area (Å²) in [4.78, 5) is 11.7. The van der Waals surface area contributed by atoms with E-state index in [0.717, 1.165) is 38.5 Å². The fraction of sp³-hybridized carbons (Fsp3) is 0.533. The standard InChI is InChI=1S/C15H21FN2O2/c16-12-5-7-13(8-6-12)18-14(19)17-11-15(20)9-3-1-2-4-10-15/h5-8,20H,1-4,9-11H2,(H2,17,18,19). The summed E-state index contributed by atoms with van der Waals surface area (Å²) < 4.78 is 12.7. The Balaban J connectivity index is 1.80. The minimum absolute atomic E-state index is 0.250. The van der Waals surface area contributed by atoms with Crippen LogP contribution in [0.15, 0.2) is 24.3 Å². The highest BCUT2D eigenvalue weighted by atomic mass is 19.1. The lowest BCUT2D eigenvalue weighted by Gasteiger charge is -2.26. The second-order valence-corrected chi connectivity index (χ2v) is 5.45. The smallest absolute Gasteiger partial charge is 0.319 e. The fourth-order valence-corrected chi connectivity index (χ4v) is 2.52. The average molecular weight is 280 g/mol. The largest absolute Gasteiger partial charge is 0.388 e. The first-order valence-electron chi connectivity index (χ1n) is 7.10. The summed E-state index contributed by atoms with van der Waals surface area (Å²) in [6.07, 6.45) is 5.73. The van der Waals surface area contributed by atoms with Crippen LogP contribution in [0.4, 0.5) is 14.9 Å². The summed E-state index contributed by atoms with van der Waals surface area (Å²) in [5.41, 5.74) is -0.270. The summed E-state index contributed by atoms with van der Waals surface area (Å²) in [5, 5.41) is 15.7. The van der Waals surface area contributed by atoms with Crippen LogP contribution in [0.25, 0.3) is 0 Å². The van der Waals surface area contributed by atoms with E-state index in [-0.39, 0.29) is 18.4 Å². The molecular formula is C15H21FN2O2. The summed E-state index contributed by atoms with van der Waals surface area (Å²) >= 11 is 0. The van der Waals surface area contributed by atoms with Crippen molar-refractivity contribution in [1.82, 2.24) is 5.32 Å². The number of urea groups is 1. The van der Waals surface area contributed by atoms with Gasteiger partial charge in [0, 0.05) is 12.2 Å². The predicted octanol–water partition coefficient (Wildman–Crippen LogP) is 3.03. The second-order valence-electron chi connectivity index (χ2n) is 5.45. The minimum atomic E-state index is -0.795. The molecule has 0 aliphatic heterocycles. The molecule has 4 nitrogen and oxygen atoms in total. The van der Waals surface area contributed by atoms with Crippen molar-refractivity contribution in [2.45, 2.75) is 44.1 Å². The van der Waals surface area contributed by atoms with Gasteiger partial charge in [0.1, 0.15) is 5.82 Å². The van der Waals surface area contributed by atoms with E-state index in [4.69, 9.17) is 0 Å². The quantitative estimate of drug-likeness (QED) is 0.745. The van der Waals surface area contributed by atoms with Crippen molar-refractivity contribution in [1.29, 1.82) is 0 Å². The molecule has 1 aromatic rings. The number of amides is 2. The lowest BCUT2D eigenvalue weighted by atomic mass is 9.95. The van der Waals surface area contributed by atoms with Gasteiger partial charge in [-0.2, -0.15) is 0 Å². The number of nitrogens with one attached hydrogen (secondary N) is 2. The Morgan fingerprint density at radius 1 is 1.15 bits per heavy atom. The zero-order valence-electron chi connectivity index (χ0n) is 11.5. The van der Waals surface area contributed by atoms with Gasteiger partial charge in [-0.3, -0.25) is 0 Å². The van der Waals surface area contributed by atoms with Gasteiger partial charge in [0.05, 0.1) is 5.60 Å². The summed E-state index contributed by atoms with van der Waals surface area (Å²) in [6, 6.07) is 5.18. The third-order valence-electron chi connectivity index (χ3n) is 3.71. The Morgan fingerprint density at radius 2 is 1.75 bits per heavy atom. The van der Waals surface area contributed by atoms with Gasteiger partial charge in [0.2, 0.25) is 0 Å². The molecule has 2 rings (SSSR count). The van der Waals surface area contributed by atoms with Gasteiger partial charge >= 0.3 is 6.03 Å². The number of anilines is 1. The Bertz CT molecular complexity index is 440. The molecule has 0 bridgehead atoms. The van der Waals surface area contributed by atoms with Crippen molar-refractivity contribution < 1.29 is 14.3 Å². The van der Waals surface area contributed by atoms with Crippen LogP contribution >= 0.6 is 0 Å². The SMILES string of the molecule is O=C(NCC1(O)CCCCCC1)Nc1ccc(F)cc1. The van der Waals surface area contributed by atoms with Crippen LogP contribution in [0, 0.1) is 5.82 Å². The topological polar surface area (TPSA) is 61.4 Å². The third-order valence-corrected chi connectivity index (χ3v) is 3.71. The highest BCUT2D eigenvalue weighted by Gasteiger charge is 2.28. The van der Waals surface area contributed by atoms with Crippen molar-refractivity contribution in [3.05, 3.63) is 30.1 Å². The molecule has 0 unspecified atom stereocenters. The number of benzene rings is 1. The Kier molecular flexibility index (Phi) is 4.95. The first-order valence-corrected chi connectivity index (χ1v) is 7.10. The monoisotopic (exact) mass is 280 g/mol. The van der Waals surface area contributed by atoms with E-state index < -0.39 is 5.60 Å². The van der Waals surface area contributed by atoms with Gasteiger partial charge in [0.15, 0.2) is 0 Å². The second kappa shape index (κ2) is 6.70. The van der Waals surface area contributed by atoms with Crippen molar-refractivity contribution in [3.63, 3.8) is 0 Å². The lowest BCUT2D eigenvalue weighted by Crippen LogP contribution is -2.44. The van der Waals surface area contributed by atoms with Gasteiger partial charge in [-0.15, -0.1) is 0 Å². The van der Waals surface area contributed by atoms with Crippen molar-refractivity contribution >= 4 is 11.7 Å². The zero-order valence-corrected chi connectivity index (χ0v) is 11.5. The maximum atomic E-state index is 12.7. The number of hydrogen-bond donors (Lipinski definition) is 3. The molecular weight excluding hydrogens is 259 g/mol. The molecule has 0 radical (unpaired) electrons. The molecule has 5 heteroatoms. The molecule has 0 atom stereocenters. The summed E-state index contributed by atoms with van der Waals surface area (Å²) in [5.74, 6) is -0.344. The van der Waals surface area contributed by atoms with E-state index in [9.17, 15) is 14.3 Å². The van der Waals surface area contributed by atoms with Crippen LogP contribution in [0.2, 0.25) is 0 Å². The molecule has 1 fully saturated rings. The molecule has 1 aliphatic carbocycles. The molecule has 1 aliphatic rings. The average Bonchev–Trinajstić information content (AvgIpc) is 2.65. The number of halogens is 1. The van der Waals surface area contributed by atoms with Gasteiger partial charge < -0.3 is 15.7 Å². The number of carbonyl (C=O) groups excluding carboxylic acids is 1. The molecule has 1 saturated carbocycles. The fourth-order valence-electron chi connectivity index (χ4n) is 2.52. The van der Waals surface area contributed by atoms with E-state index in [0.29, 0.717) is 5.69 Å². The normalized spacial score (nSPS) is 18.1. The predicted molar refractivity (Wildman–Crippen MR) is 76.1 cm³/mol. The highest BCUT2D eigenvalue weighted by Crippen LogP contribution is 2.26. The maximum absolute atomic E-state index is 12.7. The van der Waals surface area contributed by atoms with Crippen LogP contribution in [0.3, 0.4) is 0 Å². The Labute approximate surface area is 118 Å². The number of carbonyl (C=O) groups is 1. The van der Waals surface area contributed by atoms with Gasteiger partial charge in [0.25, 0.3) is 0 Å². The van der Waals surface area contributed by atoms with Gasteiger partial charge in [-0.1, -0.05) is 25.7 Å². The van der Waals surface area contributed by atoms with Crippen LogP contribution in [0.1, 0.15) is 38.5 Å². The minimum Gasteiger partial charge on any atom is -0.388 e. The van der Waals surface area contributed by atoms with Crippen molar-refractivity contribution in [2.24, 2.45) is 0 Å². The highest BCUT2D eigenvalue weighted by molar-refractivity contribution is 5.89. The molecule has 0 saturated heterocycles. The van der Waals surface area contributed by atoms with Crippen LogP contribution in [-0.4, -0.2) is 23.3 Å². The van der Waals surface area contributed by atoms with Gasteiger partial charge in [-0.05, 0) is 37.1 Å². The van der Waals surface area contributed by atoms with E-state index in [1.165, 1.54) is 24.3 Å². The molecule has 0 aromatic heterocycles. The molecule has 110 valence electrons. The van der Waals surface area contributed by atoms with Crippen LogP contribution in [0.5, 0.6) is 0 Å². The van der Waals surface area contributed by atoms with E-state index in [1.54, 1.807) is 0 Å². The number of aliphatic hydroxyl groups is 1.